The molecule has 1 unspecified atom stereocenters. The Bertz CT molecular complexity index is 218. The van der Waals surface area contributed by atoms with Crippen molar-refractivity contribution in [3.8, 4) is 0 Å². The quantitative estimate of drug-likeness (QED) is 0.315. The third-order valence-electron chi connectivity index (χ3n) is 2.84. The van der Waals surface area contributed by atoms with E-state index in [1.807, 2.05) is 6.92 Å². The standard InChI is InChI=1S/C12H20IN/c1-9(7-10(2)14)12(5-6-13)8-11-3-4-11/h11-12,14H,1,3-8H2,2H3. The van der Waals surface area contributed by atoms with Crippen LogP contribution in [0.4, 0.5) is 0 Å². The minimum atomic E-state index is 0.680. The van der Waals surface area contributed by atoms with Crippen molar-refractivity contribution in [2.24, 2.45) is 11.8 Å². The second-order valence-electron chi connectivity index (χ2n) is 4.47. The van der Waals surface area contributed by atoms with Gasteiger partial charge in [-0.3, -0.25) is 0 Å². The van der Waals surface area contributed by atoms with E-state index in [-0.39, 0.29) is 0 Å². The van der Waals surface area contributed by atoms with Gasteiger partial charge in [-0.2, -0.15) is 0 Å². The number of halogens is 1. The van der Waals surface area contributed by atoms with E-state index in [2.05, 4.69) is 29.2 Å². The summed E-state index contributed by atoms with van der Waals surface area (Å²) in [6.45, 7) is 6.03. The number of hydrogen-bond acceptors (Lipinski definition) is 1. The first kappa shape index (κ1) is 12.2. The molecule has 1 saturated carbocycles. The molecule has 1 aliphatic rings. The Morgan fingerprint density at radius 1 is 1.57 bits per heavy atom. The van der Waals surface area contributed by atoms with Gasteiger partial charge in [-0.1, -0.05) is 47.6 Å². The van der Waals surface area contributed by atoms with Gasteiger partial charge in [0.25, 0.3) is 0 Å². The first-order chi connectivity index (χ1) is 6.63. The molecule has 2 heteroatoms. The SMILES string of the molecule is C=C(CC(C)=N)C(CCI)CC1CC1. The van der Waals surface area contributed by atoms with E-state index in [0.29, 0.717) is 5.92 Å². The van der Waals surface area contributed by atoms with Crippen molar-refractivity contribution >= 4 is 28.3 Å². The van der Waals surface area contributed by atoms with Crippen molar-refractivity contribution < 1.29 is 0 Å². The molecule has 0 saturated heterocycles. The Hall–Kier alpha value is 0.140. The van der Waals surface area contributed by atoms with E-state index in [9.17, 15) is 0 Å². The molecule has 0 spiro atoms. The summed E-state index contributed by atoms with van der Waals surface area (Å²) in [7, 11) is 0. The minimum absolute atomic E-state index is 0.680. The Kier molecular flexibility index (Phi) is 5.13. The fourth-order valence-corrected chi connectivity index (χ4v) is 2.61. The highest BCUT2D eigenvalue weighted by Gasteiger charge is 2.26. The van der Waals surface area contributed by atoms with Crippen molar-refractivity contribution in [3.05, 3.63) is 12.2 Å². The molecule has 0 aromatic heterocycles. The summed E-state index contributed by atoms with van der Waals surface area (Å²) in [5.41, 5.74) is 2.05. The minimum Gasteiger partial charge on any atom is -0.310 e. The van der Waals surface area contributed by atoms with Crippen molar-refractivity contribution in [2.75, 3.05) is 4.43 Å². The summed E-state index contributed by atoms with van der Waals surface area (Å²) in [6.07, 6.45) is 6.25. The van der Waals surface area contributed by atoms with Crippen molar-refractivity contribution in [1.29, 1.82) is 5.41 Å². The fourth-order valence-electron chi connectivity index (χ4n) is 1.86. The summed E-state index contributed by atoms with van der Waals surface area (Å²) >= 11 is 2.44. The van der Waals surface area contributed by atoms with Crippen LogP contribution in [0.5, 0.6) is 0 Å². The average molecular weight is 305 g/mol. The van der Waals surface area contributed by atoms with E-state index < -0.39 is 0 Å². The second-order valence-corrected chi connectivity index (χ2v) is 5.55. The Labute approximate surface area is 101 Å². The van der Waals surface area contributed by atoms with E-state index in [1.165, 1.54) is 35.7 Å². The van der Waals surface area contributed by atoms with Crippen molar-refractivity contribution in [3.63, 3.8) is 0 Å². The highest BCUT2D eigenvalue weighted by molar-refractivity contribution is 14.1. The third-order valence-corrected chi connectivity index (χ3v) is 3.46. The normalized spacial score (nSPS) is 17.9. The van der Waals surface area contributed by atoms with Crippen LogP contribution < -0.4 is 0 Å². The van der Waals surface area contributed by atoms with Gasteiger partial charge in [0.05, 0.1) is 0 Å². The van der Waals surface area contributed by atoms with Crippen LogP contribution in [0.2, 0.25) is 0 Å². The smallest absolute Gasteiger partial charge is 0.00986 e. The molecule has 0 amide bonds. The van der Waals surface area contributed by atoms with Crippen LogP contribution in [-0.4, -0.2) is 10.1 Å². The third kappa shape index (κ3) is 4.58. The molecular weight excluding hydrogens is 285 g/mol. The summed E-state index contributed by atoms with van der Waals surface area (Å²) in [6, 6.07) is 0. The number of hydrogen-bond donors (Lipinski definition) is 1. The van der Waals surface area contributed by atoms with Crippen LogP contribution in [0.1, 0.15) is 39.0 Å². The topological polar surface area (TPSA) is 23.9 Å². The molecule has 1 atom stereocenters. The van der Waals surface area contributed by atoms with E-state index in [1.54, 1.807) is 0 Å². The van der Waals surface area contributed by atoms with Crippen LogP contribution >= 0.6 is 22.6 Å². The van der Waals surface area contributed by atoms with Gasteiger partial charge in [0.1, 0.15) is 0 Å². The van der Waals surface area contributed by atoms with Gasteiger partial charge >= 0.3 is 0 Å². The van der Waals surface area contributed by atoms with Crippen molar-refractivity contribution in [1.82, 2.24) is 0 Å². The molecule has 80 valence electrons. The largest absolute Gasteiger partial charge is 0.310 e. The van der Waals surface area contributed by atoms with Gasteiger partial charge in [0, 0.05) is 16.6 Å². The monoisotopic (exact) mass is 305 g/mol. The Morgan fingerprint density at radius 3 is 2.64 bits per heavy atom. The number of allylic oxidation sites excluding steroid dienone is 1. The zero-order valence-corrected chi connectivity index (χ0v) is 11.1. The number of alkyl halides is 1. The van der Waals surface area contributed by atoms with Crippen LogP contribution in [0.15, 0.2) is 12.2 Å². The van der Waals surface area contributed by atoms with Crippen molar-refractivity contribution in [2.45, 2.75) is 39.0 Å². The lowest BCUT2D eigenvalue weighted by molar-refractivity contribution is 0.508. The second kappa shape index (κ2) is 5.89. The Balaban J connectivity index is 2.38. The van der Waals surface area contributed by atoms with Gasteiger partial charge in [0.15, 0.2) is 0 Å². The molecule has 1 rings (SSSR count). The molecule has 0 heterocycles. The molecule has 1 N–H and O–H groups in total. The van der Waals surface area contributed by atoms with Crippen LogP contribution in [0, 0.1) is 17.2 Å². The van der Waals surface area contributed by atoms with Gasteiger partial charge in [-0.15, -0.1) is 0 Å². The molecule has 14 heavy (non-hydrogen) atoms. The summed E-state index contributed by atoms with van der Waals surface area (Å²) in [5, 5.41) is 7.49. The molecule has 0 radical (unpaired) electrons. The summed E-state index contributed by atoms with van der Waals surface area (Å²) in [4.78, 5) is 0. The molecule has 1 nitrogen and oxygen atoms in total. The molecule has 0 aromatic carbocycles. The molecule has 1 fully saturated rings. The first-order valence-corrected chi connectivity index (χ1v) is 6.93. The lowest BCUT2D eigenvalue weighted by Crippen LogP contribution is -2.08. The highest BCUT2D eigenvalue weighted by Crippen LogP contribution is 2.38. The lowest BCUT2D eigenvalue weighted by Gasteiger charge is -2.18. The van der Waals surface area contributed by atoms with E-state index >= 15 is 0 Å². The lowest BCUT2D eigenvalue weighted by atomic mass is 9.89. The van der Waals surface area contributed by atoms with E-state index in [4.69, 9.17) is 5.41 Å². The maximum atomic E-state index is 7.49. The fraction of sp³-hybridized carbons (Fsp3) is 0.750. The van der Waals surface area contributed by atoms with Crippen LogP contribution in [0.25, 0.3) is 0 Å². The molecule has 1 aliphatic carbocycles. The number of rotatable bonds is 7. The first-order valence-electron chi connectivity index (χ1n) is 5.41. The number of nitrogens with one attached hydrogen (secondary N) is 1. The van der Waals surface area contributed by atoms with Crippen LogP contribution in [-0.2, 0) is 0 Å². The van der Waals surface area contributed by atoms with Gasteiger partial charge < -0.3 is 5.41 Å². The van der Waals surface area contributed by atoms with Gasteiger partial charge in [-0.25, -0.2) is 0 Å². The molecule has 0 aliphatic heterocycles. The zero-order chi connectivity index (χ0) is 10.6. The van der Waals surface area contributed by atoms with E-state index in [0.717, 1.165) is 18.1 Å². The predicted molar refractivity (Wildman–Crippen MR) is 71.5 cm³/mol. The molecular formula is C12H20IN. The van der Waals surface area contributed by atoms with Crippen LogP contribution in [0.3, 0.4) is 0 Å². The van der Waals surface area contributed by atoms with Gasteiger partial charge in [-0.05, 0) is 31.6 Å². The average Bonchev–Trinajstić information content (AvgIpc) is 2.86. The maximum absolute atomic E-state index is 7.49. The molecule has 0 aromatic rings. The zero-order valence-electron chi connectivity index (χ0n) is 8.98. The maximum Gasteiger partial charge on any atom is 0.00986 e. The summed E-state index contributed by atoms with van der Waals surface area (Å²) in [5.74, 6) is 1.66. The predicted octanol–water partition coefficient (Wildman–Crippen LogP) is 4.21. The highest BCUT2D eigenvalue weighted by atomic mass is 127. The Morgan fingerprint density at radius 2 is 2.21 bits per heavy atom. The molecule has 0 bridgehead atoms. The summed E-state index contributed by atoms with van der Waals surface area (Å²) < 4.78 is 1.21. The van der Waals surface area contributed by atoms with Gasteiger partial charge in [0.2, 0.25) is 0 Å².